The van der Waals surface area contributed by atoms with Gasteiger partial charge in [0.05, 0.1) is 11.6 Å². The van der Waals surface area contributed by atoms with Crippen molar-refractivity contribution < 1.29 is 13.9 Å². The number of halogens is 3. The number of benzene rings is 3. The van der Waals surface area contributed by atoms with Gasteiger partial charge in [-0.2, -0.15) is 0 Å². The van der Waals surface area contributed by atoms with E-state index in [1.165, 1.54) is 6.07 Å². The number of hydrogen-bond donors (Lipinski definition) is 1. The van der Waals surface area contributed by atoms with E-state index in [4.69, 9.17) is 32.7 Å². The highest BCUT2D eigenvalue weighted by Crippen LogP contribution is 2.34. The maximum Gasteiger partial charge on any atom is 0.143 e. The molecule has 6 heteroatoms. The highest BCUT2D eigenvalue weighted by atomic mass is 35.5. The van der Waals surface area contributed by atoms with Crippen LogP contribution in [-0.2, 0) is 13.2 Å². The summed E-state index contributed by atoms with van der Waals surface area (Å²) in [7, 11) is 0. The van der Waals surface area contributed by atoms with Crippen LogP contribution < -0.4 is 14.8 Å². The van der Waals surface area contributed by atoms with E-state index in [0.717, 1.165) is 17.0 Å². The van der Waals surface area contributed by atoms with Crippen molar-refractivity contribution in [1.82, 2.24) is 0 Å². The number of hydrogen-bond acceptors (Lipinski definition) is 3. The topological polar surface area (TPSA) is 30.5 Å². The van der Waals surface area contributed by atoms with Crippen LogP contribution >= 0.6 is 23.2 Å². The fourth-order valence-electron chi connectivity index (χ4n) is 2.70. The molecule has 0 atom stereocenters. The largest absolute Gasteiger partial charge is 0.494 e. The van der Waals surface area contributed by atoms with Gasteiger partial charge in [-0.3, -0.25) is 0 Å². The van der Waals surface area contributed by atoms with Crippen molar-refractivity contribution in [3.8, 4) is 11.5 Å². The Balaban J connectivity index is 1.73. The Morgan fingerprint density at radius 1 is 0.929 bits per heavy atom. The minimum Gasteiger partial charge on any atom is -0.494 e. The molecule has 0 amide bonds. The molecule has 0 aliphatic carbocycles. The maximum absolute atomic E-state index is 13.9. The third-order valence-electron chi connectivity index (χ3n) is 4.06. The Kier molecular flexibility index (Phi) is 7.01. The van der Waals surface area contributed by atoms with Crippen LogP contribution in [-0.4, -0.2) is 6.61 Å². The number of rotatable bonds is 8. The van der Waals surface area contributed by atoms with Crippen molar-refractivity contribution in [3.05, 3.63) is 87.7 Å². The lowest BCUT2D eigenvalue weighted by Crippen LogP contribution is -2.05. The highest BCUT2D eigenvalue weighted by molar-refractivity contribution is 6.35. The fraction of sp³-hybridized carbons (Fsp3) is 0.182. The monoisotopic (exact) mass is 419 g/mol. The minimum absolute atomic E-state index is 0.0735. The molecule has 0 unspecified atom stereocenters. The van der Waals surface area contributed by atoms with E-state index in [1.807, 2.05) is 31.2 Å². The summed E-state index contributed by atoms with van der Waals surface area (Å²) >= 11 is 12.5. The molecule has 0 saturated heterocycles. The molecular formula is C22H20Cl2FNO2. The quantitative estimate of drug-likeness (QED) is 0.439. The first-order valence-electron chi connectivity index (χ1n) is 8.87. The summed E-state index contributed by atoms with van der Waals surface area (Å²) in [6.45, 7) is 3.08. The molecule has 146 valence electrons. The van der Waals surface area contributed by atoms with Crippen LogP contribution in [0.5, 0.6) is 11.5 Å². The SMILES string of the molecule is CCOc1ccc(NCc2cc(Cl)cc(Cl)c2OCc2ccccc2F)cc1. The molecule has 28 heavy (non-hydrogen) atoms. The second kappa shape index (κ2) is 9.67. The second-order valence-corrected chi connectivity index (χ2v) is 6.91. The summed E-state index contributed by atoms with van der Waals surface area (Å²) in [4.78, 5) is 0. The first-order chi connectivity index (χ1) is 13.6. The lowest BCUT2D eigenvalue weighted by atomic mass is 10.2. The van der Waals surface area contributed by atoms with E-state index in [2.05, 4.69) is 5.32 Å². The van der Waals surface area contributed by atoms with E-state index in [0.29, 0.717) is 34.5 Å². The van der Waals surface area contributed by atoms with Crippen molar-refractivity contribution in [2.75, 3.05) is 11.9 Å². The van der Waals surface area contributed by atoms with E-state index in [1.54, 1.807) is 30.3 Å². The molecule has 0 aliphatic rings. The van der Waals surface area contributed by atoms with E-state index in [-0.39, 0.29) is 12.4 Å². The average molecular weight is 420 g/mol. The fourth-order valence-corrected chi connectivity index (χ4v) is 3.30. The molecule has 0 saturated carbocycles. The lowest BCUT2D eigenvalue weighted by molar-refractivity contribution is 0.297. The van der Waals surface area contributed by atoms with Crippen LogP contribution in [0.15, 0.2) is 60.7 Å². The normalized spacial score (nSPS) is 10.6. The molecule has 0 heterocycles. The Hall–Kier alpha value is -2.43. The average Bonchev–Trinajstić information content (AvgIpc) is 2.68. The van der Waals surface area contributed by atoms with Crippen LogP contribution in [0.25, 0.3) is 0 Å². The standard InChI is InChI=1S/C22H20Cl2FNO2/c1-2-27-19-9-7-18(8-10-19)26-13-16-11-17(23)12-20(24)22(16)28-14-15-5-3-4-6-21(15)25/h3-12,26H,2,13-14H2,1H3. The number of nitrogens with one attached hydrogen (secondary N) is 1. The molecule has 0 aromatic heterocycles. The maximum atomic E-state index is 13.9. The third kappa shape index (κ3) is 5.31. The molecule has 1 N–H and O–H groups in total. The van der Waals surface area contributed by atoms with Gasteiger partial charge in [0.15, 0.2) is 0 Å². The zero-order valence-electron chi connectivity index (χ0n) is 15.3. The number of ether oxygens (including phenoxy) is 2. The first kappa shape index (κ1) is 20.3. The summed E-state index contributed by atoms with van der Waals surface area (Å²) in [5.74, 6) is 0.974. The minimum atomic E-state index is -0.318. The van der Waals surface area contributed by atoms with Gasteiger partial charge in [-0.15, -0.1) is 0 Å². The Labute approximate surface area is 174 Å². The summed E-state index contributed by atoms with van der Waals surface area (Å²) in [5, 5.41) is 4.20. The van der Waals surface area contributed by atoms with Gasteiger partial charge in [0.2, 0.25) is 0 Å². The van der Waals surface area contributed by atoms with Gasteiger partial charge in [-0.25, -0.2) is 4.39 Å². The van der Waals surface area contributed by atoms with Crippen molar-refractivity contribution in [1.29, 1.82) is 0 Å². The number of anilines is 1. The van der Waals surface area contributed by atoms with Gasteiger partial charge in [0.25, 0.3) is 0 Å². The second-order valence-electron chi connectivity index (χ2n) is 6.07. The molecule has 3 aromatic rings. The summed E-state index contributed by atoms with van der Waals surface area (Å²) < 4.78 is 25.1. The molecular weight excluding hydrogens is 400 g/mol. The van der Waals surface area contributed by atoms with Crippen molar-refractivity contribution in [3.63, 3.8) is 0 Å². The van der Waals surface area contributed by atoms with E-state index in [9.17, 15) is 4.39 Å². The van der Waals surface area contributed by atoms with E-state index >= 15 is 0 Å². The Bertz CT molecular complexity index is 932. The van der Waals surface area contributed by atoms with Crippen molar-refractivity contribution in [2.24, 2.45) is 0 Å². The molecule has 0 fully saturated rings. The summed E-state index contributed by atoms with van der Waals surface area (Å²) in [6, 6.07) is 17.5. The zero-order valence-corrected chi connectivity index (χ0v) is 16.9. The van der Waals surface area contributed by atoms with Gasteiger partial charge in [-0.1, -0.05) is 41.4 Å². The van der Waals surface area contributed by atoms with Crippen LogP contribution in [0.3, 0.4) is 0 Å². The van der Waals surface area contributed by atoms with Gasteiger partial charge in [-0.05, 0) is 49.4 Å². The van der Waals surface area contributed by atoms with Gasteiger partial charge in [0.1, 0.15) is 23.9 Å². The third-order valence-corrected chi connectivity index (χ3v) is 4.56. The first-order valence-corrected chi connectivity index (χ1v) is 9.63. The lowest BCUT2D eigenvalue weighted by Gasteiger charge is -2.15. The molecule has 0 aliphatic heterocycles. The van der Waals surface area contributed by atoms with E-state index < -0.39 is 0 Å². The van der Waals surface area contributed by atoms with Crippen molar-refractivity contribution >= 4 is 28.9 Å². The molecule has 3 aromatic carbocycles. The Morgan fingerprint density at radius 2 is 1.68 bits per heavy atom. The van der Waals surface area contributed by atoms with Gasteiger partial charge >= 0.3 is 0 Å². The van der Waals surface area contributed by atoms with Crippen LogP contribution in [0, 0.1) is 5.82 Å². The molecule has 0 bridgehead atoms. The van der Waals surface area contributed by atoms with Gasteiger partial charge < -0.3 is 14.8 Å². The molecule has 3 rings (SSSR count). The Morgan fingerprint density at radius 3 is 2.39 bits per heavy atom. The van der Waals surface area contributed by atoms with Crippen LogP contribution in [0.2, 0.25) is 10.0 Å². The zero-order chi connectivity index (χ0) is 19.9. The summed E-state index contributed by atoms with van der Waals surface area (Å²) in [6.07, 6.45) is 0. The molecule has 0 radical (unpaired) electrons. The van der Waals surface area contributed by atoms with Gasteiger partial charge in [0, 0.05) is 28.4 Å². The molecule has 3 nitrogen and oxygen atoms in total. The summed E-state index contributed by atoms with van der Waals surface area (Å²) in [5.41, 5.74) is 2.15. The molecule has 0 spiro atoms. The predicted octanol–water partition coefficient (Wildman–Crippen LogP) is 6.72. The van der Waals surface area contributed by atoms with Crippen LogP contribution in [0.4, 0.5) is 10.1 Å². The van der Waals surface area contributed by atoms with Crippen molar-refractivity contribution in [2.45, 2.75) is 20.1 Å². The predicted molar refractivity (Wildman–Crippen MR) is 112 cm³/mol. The van der Waals surface area contributed by atoms with Crippen LogP contribution in [0.1, 0.15) is 18.1 Å². The smallest absolute Gasteiger partial charge is 0.143 e. The highest BCUT2D eigenvalue weighted by Gasteiger charge is 2.12.